The highest BCUT2D eigenvalue weighted by Gasteiger charge is 2.03. The highest BCUT2D eigenvalue weighted by Crippen LogP contribution is 2.23. The summed E-state index contributed by atoms with van der Waals surface area (Å²) in [5.41, 5.74) is 6.76. The molecule has 0 bridgehead atoms. The van der Waals surface area contributed by atoms with Gasteiger partial charge in [0.2, 0.25) is 5.91 Å². The van der Waals surface area contributed by atoms with Gasteiger partial charge in [0.1, 0.15) is 12.3 Å². The Morgan fingerprint density at radius 1 is 1.53 bits per heavy atom. The summed E-state index contributed by atoms with van der Waals surface area (Å²) in [6.45, 7) is 0.578. The van der Waals surface area contributed by atoms with Crippen molar-refractivity contribution in [3.05, 3.63) is 41.2 Å². The minimum atomic E-state index is -0.444. The average molecular weight is 281 g/mol. The van der Waals surface area contributed by atoms with Gasteiger partial charge in [-0.3, -0.25) is 9.48 Å². The quantitative estimate of drug-likeness (QED) is 0.770. The van der Waals surface area contributed by atoms with Crippen LogP contribution in [0.25, 0.3) is 0 Å². The van der Waals surface area contributed by atoms with E-state index in [0.717, 1.165) is 11.3 Å². The number of phenolic OH excluding ortho intramolecular Hbond substituents is 1. The van der Waals surface area contributed by atoms with E-state index in [1.54, 1.807) is 24.5 Å². The maximum Gasteiger partial charge on any atom is 0.239 e. The predicted molar refractivity (Wildman–Crippen MR) is 71.9 cm³/mol. The number of primary amides is 1. The number of halogens is 1. The lowest BCUT2D eigenvalue weighted by Crippen LogP contribution is -2.18. The van der Waals surface area contributed by atoms with E-state index in [9.17, 15) is 9.90 Å². The monoisotopic (exact) mass is 280 g/mol. The fraction of sp³-hybridized carbons (Fsp3) is 0.167. The van der Waals surface area contributed by atoms with Crippen molar-refractivity contribution in [3.63, 3.8) is 0 Å². The minimum absolute atomic E-state index is 0.0483. The Hall–Kier alpha value is -2.21. The third-order valence-corrected chi connectivity index (χ3v) is 2.76. The number of anilines is 1. The van der Waals surface area contributed by atoms with E-state index in [1.807, 2.05) is 0 Å². The molecular weight excluding hydrogens is 268 g/mol. The number of rotatable bonds is 5. The largest absolute Gasteiger partial charge is 0.506 e. The fourth-order valence-corrected chi connectivity index (χ4v) is 1.77. The van der Waals surface area contributed by atoms with Crippen molar-refractivity contribution in [2.45, 2.75) is 13.1 Å². The van der Waals surface area contributed by atoms with Crippen molar-refractivity contribution in [1.29, 1.82) is 0 Å². The zero-order chi connectivity index (χ0) is 13.8. The molecule has 2 aromatic rings. The van der Waals surface area contributed by atoms with E-state index < -0.39 is 5.91 Å². The summed E-state index contributed by atoms with van der Waals surface area (Å²) >= 11 is 5.81. The Balaban J connectivity index is 1.96. The van der Waals surface area contributed by atoms with Gasteiger partial charge in [0.15, 0.2) is 0 Å². The third-order valence-electron chi connectivity index (χ3n) is 2.46. The summed E-state index contributed by atoms with van der Waals surface area (Å²) in [7, 11) is 0. The first-order valence-corrected chi connectivity index (χ1v) is 5.94. The van der Waals surface area contributed by atoms with Crippen LogP contribution in [-0.2, 0) is 17.9 Å². The van der Waals surface area contributed by atoms with Gasteiger partial charge in [-0.25, -0.2) is 0 Å². The summed E-state index contributed by atoms with van der Waals surface area (Å²) in [6.07, 6.45) is 3.29. The molecule has 7 heteroatoms. The van der Waals surface area contributed by atoms with Crippen molar-refractivity contribution in [1.82, 2.24) is 9.78 Å². The first kappa shape index (κ1) is 13.2. The second-order valence-corrected chi connectivity index (χ2v) is 4.44. The highest BCUT2D eigenvalue weighted by atomic mass is 35.5. The van der Waals surface area contributed by atoms with Crippen LogP contribution in [0.3, 0.4) is 0 Å². The van der Waals surface area contributed by atoms with Crippen molar-refractivity contribution in [2.75, 3.05) is 5.32 Å². The summed E-state index contributed by atoms with van der Waals surface area (Å²) < 4.78 is 1.45. The van der Waals surface area contributed by atoms with E-state index in [-0.39, 0.29) is 12.3 Å². The van der Waals surface area contributed by atoms with Gasteiger partial charge in [0, 0.05) is 12.7 Å². The first-order valence-electron chi connectivity index (χ1n) is 5.56. The molecule has 100 valence electrons. The lowest BCUT2D eigenvalue weighted by molar-refractivity contribution is -0.118. The van der Waals surface area contributed by atoms with Crippen molar-refractivity contribution < 1.29 is 9.90 Å². The number of hydrogen-bond acceptors (Lipinski definition) is 4. The number of nitrogens with two attached hydrogens (primary N) is 1. The Bertz CT molecular complexity index is 597. The SMILES string of the molecule is NC(=O)Cn1cc(NCc2ccc(O)c(Cl)c2)cn1. The molecule has 1 amide bonds. The molecule has 19 heavy (non-hydrogen) atoms. The summed E-state index contributed by atoms with van der Waals surface area (Å²) in [6, 6.07) is 4.98. The van der Waals surface area contributed by atoms with Crippen LogP contribution in [-0.4, -0.2) is 20.8 Å². The maximum absolute atomic E-state index is 10.7. The second-order valence-electron chi connectivity index (χ2n) is 4.03. The molecule has 2 rings (SSSR count). The first-order chi connectivity index (χ1) is 9.04. The topological polar surface area (TPSA) is 93.2 Å². The van der Waals surface area contributed by atoms with Crippen LogP contribution in [0.15, 0.2) is 30.6 Å². The van der Waals surface area contributed by atoms with E-state index in [4.69, 9.17) is 17.3 Å². The molecule has 0 spiro atoms. The molecule has 0 atom stereocenters. The maximum atomic E-state index is 10.7. The van der Waals surface area contributed by atoms with Crippen LogP contribution >= 0.6 is 11.6 Å². The van der Waals surface area contributed by atoms with Crippen molar-refractivity contribution in [2.24, 2.45) is 5.73 Å². The number of nitrogens with one attached hydrogen (secondary N) is 1. The number of amides is 1. The average Bonchev–Trinajstić information content (AvgIpc) is 2.77. The fourth-order valence-electron chi connectivity index (χ4n) is 1.57. The molecule has 1 heterocycles. The number of aromatic hydroxyl groups is 1. The molecule has 0 fully saturated rings. The normalized spacial score (nSPS) is 10.4. The number of carbonyl (C=O) groups is 1. The second kappa shape index (κ2) is 5.62. The highest BCUT2D eigenvalue weighted by molar-refractivity contribution is 6.32. The molecule has 1 aromatic heterocycles. The summed E-state index contributed by atoms with van der Waals surface area (Å²) in [5, 5.41) is 16.7. The smallest absolute Gasteiger partial charge is 0.239 e. The number of hydrogen-bond donors (Lipinski definition) is 3. The number of phenols is 1. The van der Waals surface area contributed by atoms with Crippen LogP contribution in [0, 0.1) is 0 Å². The van der Waals surface area contributed by atoms with Crippen LogP contribution in [0.4, 0.5) is 5.69 Å². The Morgan fingerprint density at radius 3 is 3.00 bits per heavy atom. The lowest BCUT2D eigenvalue weighted by atomic mass is 10.2. The van der Waals surface area contributed by atoms with E-state index >= 15 is 0 Å². The van der Waals surface area contributed by atoms with Gasteiger partial charge in [-0.2, -0.15) is 5.10 Å². The number of aromatic nitrogens is 2. The van der Waals surface area contributed by atoms with Crippen LogP contribution in [0.1, 0.15) is 5.56 Å². The van der Waals surface area contributed by atoms with Gasteiger partial charge in [-0.05, 0) is 17.7 Å². The zero-order valence-corrected chi connectivity index (χ0v) is 10.8. The van der Waals surface area contributed by atoms with Gasteiger partial charge < -0.3 is 16.2 Å². The molecule has 0 aliphatic rings. The number of nitrogens with zero attached hydrogens (tertiary/aromatic N) is 2. The third kappa shape index (κ3) is 3.62. The van der Waals surface area contributed by atoms with Gasteiger partial charge in [-0.1, -0.05) is 17.7 Å². The van der Waals surface area contributed by atoms with E-state index in [0.29, 0.717) is 11.6 Å². The number of benzene rings is 1. The van der Waals surface area contributed by atoms with Crippen LogP contribution < -0.4 is 11.1 Å². The van der Waals surface area contributed by atoms with Crippen LogP contribution in [0.5, 0.6) is 5.75 Å². The molecule has 0 saturated heterocycles. The lowest BCUT2D eigenvalue weighted by Gasteiger charge is -2.05. The van der Waals surface area contributed by atoms with E-state index in [1.165, 1.54) is 10.7 Å². The van der Waals surface area contributed by atoms with E-state index in [2.05, 4.69) is 10.4 Å². The van der Waals surface area contributed by atoms with Crippen LogP contribution in [0.2, 0.25) is 5.02 Å². The molecule has 6 nitrogen and oxygen atoms in total. The van der Waals surface area contributed by atoms with Crippen molar-refractivity contribution >= 4 is 23.2 Å². The van der Waals surface area contributed by atoms with Gasteiger partial charge in [-0.15, -0.1) is 0 Å². The molecule has 0 radical (unpaired) electrons. The minimum Gasteiger partial charge on any atom is -0.506 e. The molecule has 0 unspecified atom stereocenters. The molecule has 0 aliphatic carbocycles. The Kier molecular flexibility index (Phi) is 3.91. The molecular formula is C12H13ClN4O2. The van der Waals surface area contributed by atoms with Gasteiger partial charge >= 0.3 is 0 Å². The zero-order valence-electron chi connectivity index (χ0n) is 10.0. The predicted octanol–water partition coefficient (Wildman–Crippen LogP) is 1.34. The Labute approximate surface area is 114 Å². The van der Waals surface area contributed by atoms with Gasteiger partial charge in [0.25, 0.3) is 0 Å². The summed E-state index contributed by atoms with van der Waals surface area (Å²) in [4.78, 5) is 10.7. The standard InChI is InChI=1S/C12H13ClN4O2/c13-10-3-8(1-2-11(10)18)4-15-9-5-16-17(6-9)7-12(14)19/h1-3,5-6,15,18H,4,7H2,(H2,14,19). The Morgan fingerprint density at radius 2 is 2.32 bits per heavy atom. The molecule has 4 N–H and O–H groups in total. The summed E-state index contributed by atoms with van der Waals surface area (Å²) in [5.74, 6) is -0.389. The van der Waals surface area contributed by atoms with Gasteiger partial charge in [0.05, 0.1) is 16.9 Å². The number of carbonyl (C=O) groups excluding carboxylic acids is 1. The molecule has 1 aromatic carbocycles. The van der Waals surface area contributed by atoms with Crippen molar-refractivity contribution in [3.8, 4) is 5.75 Å². The molecule has 0 saturated carbocycles. The molecule has 0 aliphatic heterocycles.